The predicted molar refractivity (Wildman–Crippen MR) is 109 cm³/mol. The van der Waals surface area contributed by atoms with E-state index in [-0.39, 0.29) is 6.10 Å². The van der Waals surface area contributed by atoms with E-state index in [1.807, 2.05) is 32.0 Å². The number of benzene rings is 1. The first kappa shape index (κ1) is 20.6. The van der Waals surface area contributed by atoms with E-state index in [0.29, 0.717) is 0 Å². The summed E-state index contributed by atoms with van der Waals surface area (Å²) in [5, 5.41) is 2.48. The van der Waals surface area contributed by atoms with Crippen molar-refractivity contribution in [2.24, 2.45) is 0 Å². The van der Waals surface area contributed by atoms with Crippen molar-refractivity contribution in [2.45, 2.75) is 47.1 Å². The molecule has 25 heavy (non-hydrogen) atoms. The minimum atomic E-state index is -0.0466. The molecule has 1 aliphatic heterocycles. The van der Waals surface area contributed by atoms with Gasteiger partial charge in [0.25, 0.3) is 0 Å². The van der Waals surface area contributed by atoms with Gasteiger partial charge >= 0.3 is 0 Å². The molecule has 3 N–H and O–H groups in total. The molecule has 1 unspecified atom stereocenters. The summed E-state index contributed by atoms with van der Waals surface area (Å²) in [7, 11) is 0. The molecule has 0 radical (unpaired) electrons. The number of H-pyrrole nitrogens is 1. The van der Waals surface area contributed by atoms with Crippen LogP contribution in [0.15, 0.2) is 24.3 Å². The van der Waals surface area contributed by atoms with Crippen molar-refractivity contribution in [3.63, 3.8) is 0 Å². The van der Waals surface area contributed by atoms with Gasteiger partial charge in [-0.3, -0.25) is 0 Å². The summed E-state index contributed by atoms with van der Waals surface area (Å²) in [6.45, 7) is 10.5. The number of terminal acetylenes is 1. The highest BCUT2D eigenvalue weighted by atomic mass is 16.5. The Labute approximate surface area is 151 Å². The van der Waals surface area contributed by atoms with Gasteiger partial charge in [0.2, 0.25) is 0 Å². The number of nitrogens with two attached hydrogens (primary N) is 1. The van der Waals surface area contributed by atoms with Gasteiger partial charge in [0.05, 0.1) is 12.3 Å². The van der Waals surface area contributed by atoms with Gasteiger partial charge in [-0.2, -0.15) is 0 Å². The lowest BCUT2D eigenvalue weighted by molar-refractivity contribution is 0.0671. The Balaban J connectivity index is 0.000000567. The number of fused-ring (bicyclic) bond motifs is 1. The Bertz CT molecular complexity index is 825. The normalized spacial score (nSPS) is 16.7. The topological polar surface area (TPSA) is 51.0 Å². The molecular formula is C22H30N2O. The molecule has 0 aliphatic carbocycles. The summed E-state index contributed by atoms with van der Waals surface area (Å²) in [4.78, 5) is 3.52. The van der Waals surface area contributed by atoms with Crippen molar-refractivity contribution < 1.29 is 4.74 Å². The Morgan fingerprint density at radius 2 is 1.96 bits per heavy atom. The molecule has 2 heterocycles. The number of rotatable bonds is 1. The summed E-state index contributed by atoms with van der Waals surface area (Å²) in [5.74, 6) is 2.25. The van der Waals surface area contributed by atoms with Crippen molar-refractivity contribution in [2.75, 3.05) is 12.3 Å². The summed E-state index contributed by atoms with van der Waals surface area (Å²) in [6.07, 6.45) is 9.80. The van der Waals surface area contributed by atoms with Crippen molar-refractivity contribution in [1.29, 1.82) is 0 Å². The maximum Gasteiger partial charge on any atom is 0.123 e. The molecule has 1 atom stereocenters. The number of aromatic amines is 1. The Kier molecular flexibility index (Phi) is 8.60. The molecule has 1 aromatic carbocycles. The quantitative estimate of drug-likeness (QED) is 0.617. The second kappa shape index (κ2) is 10.4. The van der Waals surface area contributed by atoms with E-state index in [4.69, 9.17) is 10.5 Å². The Morgan fingerprint density at radius 1 is 1.28 bits per heavy atom. The third kappa shape index (κ3) is 4.78. The third-order valence-electron chi connectivity index (χ3n) is 3.90. The standard InChI is InChI=1S/C17H20N2O.C3H4.C2H6/c1-3-13-14-8-9-20-17(16(14)19-15(13)4-2)11-6-5-7-12(18)10-11;1-3-2;1-2/h3-7,10,17,19H,8-9,18H2,1-2H3;1H,2H3;1-2H3/b13-3-,15-4+;;. The zero-order valence-electron chi connectivity index (χ0n) is 16.0. The van der Waals surface area contributed by atoms with Crippen molar-refractivity contribution in [1.82, 2.24) is 4.98 Å². The molecule has 3 rings (SSSR count). The molecule has 0 bridgehead atoms. The molecule has 0 saturated carbocycles. The predicted octanol–water partition coefficient (Wildman–Crippen LogP) is 3.53. The zero-order chi connectivity index (χ0) is 18.8. The second-order valence-corrected chi connectivity index (χ2v) is 5.38. The average molecular weight is 338 g/mol. The van der Waals surface area contributed by atoms with E-state index in [1.165, 1.54) is 21.8 Å². The first-order chi connectivity index (χ1) is 12.2. The maximum atomic E-state index is 5.99. The van der Waals surface area contributed by atoms with Crippen LogP contribution in [0.5, 0.6) is 0 Å². The fourth-order valence-electron chi connectivity index (χ4n) is 2.99. The van der Waals surface area contributed by atoms with Gasteiger partial charge in [-0.1, -0.05) is 38.1 Å². The summed E-state index contributed by atoms with van der Waals surface area (Å²) in [6, 6.07) is 7.94. The van der Waals surface area contributed by atoms with Crippen LogP contribution in [0.3, 0.4) is 0 Å². The van der Waals surface area contributed by atoms with Crippen LogP contribution in [0.2, 0.25) is 0 Å². The highest BCUT2D eigenvalue weighted by molar-refractivity contribution is 5.46. The van der Waals surface area contributed by atoms with E-state index < -0.39 is 0 Å². The van der Waals surface area contributed by atoms with E-state index >= 15 is 0 Å². The van der Waals surface area contributed by atoms with Gasteiger partial charge in [-0.15, -0.1) is 12.3 Å². The molecule has 2 aromatic rings. The van der Waals surface area contributed by atoms with Crippen molar-refractivity contribution in [3.05, 3.63) is 51.7 Å². The number of ether oxygens (including phenoxy) is 1. The lowest BCUT2D eigenvalue weighted by Gasteiger charge is -2.24. The molecular weight excluding hydrogens is 308 g/mol. The largest absolute Gasteiger partial charge is 0.399 e. The van der Waals surface area contributed by atoms with Crippen molar-refractivity contribution in [3.8, 4) is 12.3 Å². The third-order valence-corrected chi connectivity index (χ3v) is 3.90. The monoisotopic (exact) mass is 338 g/mol. The van der Waals surface area contributed by atoms with E-state index in [2.05, 4.69) is 49.4 Å². The average Bonchev–Trinajstić information content (AvgIpc) is 3.01. The van der Waals surface area contributed by atoms with Gasteiger partial charge in [0.1, 0.15) is 6.10 Å². The smallest absolute Gasteiger partial charge is 0.123 e. The SMILES string of the molecule is C#CC.C/C=c1/c2c([nH]/c1=C/C)C(c1cccc(N)c1)OCC2.CC. The number of hydrogen-bond donors (Lipinski definition) is 2. The van der Waals surface area contributed by atoms with Crippen LogP contribution in [0.1, 0.15) is 57.5 Å². The fourth-order valence-corrected chi connectivity index (χ4v) is 2.99. The maximum absolute atomic E-state index is 5.99. The molecule has 0 spiro atoms. The molecule has 1 aliphatic rings. The van der Waals surface area contributed by atoms with Gasteiger partial charge in [-0.05, 0) is 55.7 Å². The molecule has 1 aromatic heterocycles. The number of nitrogens with one attached hydrogen (secondary N) is 1. The number of hydrogen-bond acceptors (Lipinski definition) is 2. The second-order valence-electron chi connectivity index (χ2n) is 5.38. The number of aromatic nitrogens is 1. The van der Waals surface area contributed by atoms with Crippen LogP contribution in [0.4, 0.5) is 5.69 Å². The highest BCUT2D eigenvalue weighted by Gasteiger charge is 2.25. The van der Waals surface area contributed by atoms with Gasteiger partial charge in [0, 0.05) is 11.0 Å². The minimum Gasteiger partial charge on any atom is -0.399 e. The molecule has 0 saturated heterocycles. The molecule has 3 nitrogen and oxygen atoms in total. The molecule has 0 amide bonds. The van der Waals surface area contributed by atoms with Crippen LogP contribution in [-0.4, -0.2) is 11.6 Å². The number of nitrogen functional groups attached to an aromatic ring is 1. The van der Waals surface area contributed by atoms with Crippen LogP contribution < -0.4 is 16.3 Å². The van der Waals surface area contributed by atoms with E-state index in [1.54, 1.807) is 6.92 Å². The lowest BCUT2D eigenvalue weighted by atomic mass is 9.98. The van der Waals surface area contributed by atoms with Gasteiger partial charge in [-0.25, -0.2) is 0 Å². The zero-order valence-corrected chi connectivity index (χ0v) is 16.0. The summed E-state index contributed by atoms with van der Waals surface area (Å²) < 4.78 is 5.99. The first-order valence-electron chi connectivity index (χ1n) is 8.84. The van der Waals surface area contributed by atoms with Crippen LogP contribution >= 0.6 is 0 Å². The number of anilines is 1. The summed E-state index contributed by atoms with van der Waals surface area (Å²) >= 11 is 0. The molecule has 134 valence electrons. The lowest BCUT2D eigenvalue weighted by Crippen LogP contribution is -2.25. The van der Waals surface area contributed by atoms with Crippen LogP contribution in [-0.2, 0) is 11.2 Å². The van der Waals surface area contributed by atoms with E-state index in [9.17, 15) is 0 Å². The van der Waals surface area contributed by atoms with Gasteiger partial charge < -0.3 is 15.5 Å². The van der Waals surface area contributed by atoms with Crippen LogP contribution in [0, 0.1) is 12.3 Å². The van der Waals surface area contributed by atoms with Crippen LogP contribution in [0.25, 0.3) is 12.2 Å². The minimum absolute atomic E-state index is 0.0466. The highest BCUT2D eigenvalue weighted by Crippen LogP contribution is 2.30. The van der Waals surface area contributed by atoms with E-state index in [0.717, 1.165) is 24.3 Å². The molecule has 3 heteroatoms. The first-order valence-corrected chi connectivity index (χ1v) is 8.84. The Morgan fingerprint density at radius 3 is 2.52 bits per heavy atom. The molecule has 0 fully saturated rings. The van der Waals surface area contributed by atoms with Crippen molar-refractivity contribution >= 4 is 17.8 Å². The van der Waals surface area contributed by atoms with Gasteiger partial charge in [0.15, 0.2) is 0 Å². The fraction of sp³-hybridized carbons (Fsp3) is 0.364. The Hall–Kier alpha value is -2.44. The summed E-state index contributed by atoms with van der Waals surface area (Å²) in [5.41, 5.74) is 10.3.